The molecule has 0 aliphatic rings. The molecule has 0 amide bonds. The molecule has 0 fully saturated rings. The largest absolute Gasteiger partial charge is 0.272 e. The molecule has 0 unspecified atom stereocenters. The van der Waals surface area contributed by atoms with E-state index in [-0.39, 0.29) is 0 Å². The fourth-order valence-electron chi connectivity index (χ4n) is 0.519. The van der Waals surface area contributed by atoms with Crippen LogP contribution in [0.5, 0.6) is 0 Å². The fraction of sp³-hybridized carbons (Fsp3) is 0.571. The van der Waals surface area contributed by atoms with Crippen LogP contribution in [0.4, 0.5) is 0 Å². The second kappa shape index (κ2) is 9.36. The Morgan fingerprint density at radius 3 is 2.33 bits per heavy atom. The first kappa shape index (κ1) is 12.3. The average Bonchev–Trinajstić information content (AvgIpc) is 2.58. The van der Waals surface area contributed by atoms with Crippen molar-refractivity contribution in [3.05, 3.63) is 18.5 Å². The van der Waals surface area contributed by atoms with Gasteiger partial charge in [0.25, 0.3) is 0 Å². The average molecular weight is 274 g/mol. The van der Waals surface area contributed by atoms with E-state index in [9.17, 15) is 0 Å². The van der Waals surface area contributed by atoms with Crippen LogP contribution in [0.1, 0.15) is 0 Å². The highest BCUT2D eigenvalue weighted by atomic mass is 79.9. The molecule has 0 atom stereocenters. The molecule has 0 aliphatic carbocycles. The van der Waals surface area contributed by atoms with E-state index < -0.39 is 0 Å². The Hall–Kier alpha value is 0.270. The molecule has 2 nitrogen and oxygen atoms in total. The monoisotopic (exact) mass is 272 g/mol. The van der Waals surface area contributed by atoms with Crippen molar-refractivity contribution in [2.24, 2.45) is 0 Å². The second-order valence-corrected chi connectivity index (χ2v) is 3.39. The molecule has 1 heterocycles. The molecule has 1 aromatic rings. The maximum absolute atomic E-state index is 5.43. The van der Waals surface area contributed by atoms with E-state index in [1.54, 1.807) is 10.9 Å². The van der Waals surface area contributed by atoms with Crippen LogP contribution < -0.4 is 0 Å². The van der Waals surface area contributed by atoms with Crippen LogP contribution in [0.15, 0.2) is 18.5 Å². The molecule has 0 N–H and O–H groups in total. The normalized spacial score (nSPS) is 8.92. The summed E-state index contributed by atoms with van der Waals surface area (Å²) in [4.78, 5) is 0. The molecular weight excluding hydrogens is 263 g/mol. The number of aryl methyl sites for hydroxylation is 1. The first-order chi connectivity index (χ1) is 5.85. The van der Waals surface area contributed by atoms with Gasteiger partial charge < -0.3 is 0 Å². The molecule has 1 rings (SSSR count). The van der Waals surface area contributed by atoms with Gasteiger partial charge in [0.1, 0.15) is 0 Å². The molecular formula is C7H11BrCl2N2. The summed E-state index contributed by atoms with van der Waals surface area (Å²) in [7, 11) is 0. The minimum Gasteiger partial charge on any atom is -0.272 e. The van der Waals surface area contributed by atoms with Crippen molar-refractivity contribution in [1.29, 1.82) is 0 Å². The lowest BCUT2D eigenvalue weighted by Gasteiger charge is -1.91. The SMILES string of the molecule is ClCCBr.ClCCn1cccn1. The third-order valence-corrected chi connectivity index (χ3v) is 2.16. The third kappa shape index (κ3) is 6.95. The summed E-state index contributed by atoms with van der Waals surface area (Å²) in [5.41, 5.74) is 0. The highest BCUT2D eigenvalue weighted by Gasteiger charge is 1.83. The van der Waals surface area contributed by atoms with Crippen molar-refractivity contribution in [3.8, 4) is 0 Å². The molecule has 0 bridgehead atoms. The van der Waals surface area contributed by atoms with Crippen LogP contribution in [-0.4, -0.2) is 26.9 Å². The summed E-state index contributed by atoms with van der Waals surface area (Å²) in [6, 6.07) is 1.88. The van der Waals surface area contributed by atoms with Crippen molar-refractivity contribution in [1.82, 2.24) is 9.78 Å². The summed E-state index contributed by atoms with van der Waals surface area (Å²) >= 11 is 13.7. The molecule has 0 saturated carbocycles. The minimum atomic E-state index is 0.627. The van der Waals surface area contributed by atoms with Crippen LogP contribution >= 0.6 is 39.1 Å². The van der Waals surface area contributed by atoms with Crippen molar-refractivity contribution in [2.75, 3.05) is 17.1 Å². The molecule has 0 radical (unpaired) electrons. The molecule has 0 spiro atoms. The van der Waals surface area contributed by atoms with Crippen LogP contribution in [0.3, 0.4) is 0 Å². The van der Waals surface area contributed by atoms with Gasteiger partial charge in [-0.15, -0.1) is 23.2 Å². The molecule has 12 heavy (non-hydrogen) atoms. The Morgan fingerprint density at radius 1 is 1.33 bits per heavy atom. The first-order valence-electron chi connectivity index (χ1n) is 3.50. The number of aromatic nitrogens is 2. The Bertz CT molecular complexity index is 166. The summed E-state index contributed by atoms with van der Waals surface area (Å²) in [5, 5.41) is 4.84. The highest BCUT2D eigenvalue weighted by molar-refractivity contribution is 9.09. The molecule has 0 aliphatic heterocycles. The van der Waals surface area contributed by atoms with Crippen LogP contribution in [0.2, 0.25) is 0 Å². The van der Waals surface area contributed by atoms with Gasteiger partial charge in [0.2, 0.25) is 0 Å². The van der Waals surface area contributed by atoms with Crippen LogP contribution in [-0.2, 0) is 6.54 Å². The van der Waals surface area contributed by atoms with E-state index in [2.05, 4.69) is 21.0 Å². The highest BCUT2D eigenvalue weighted by Crippen LogP contribution is 1.84. The van der Waals surface area contributed by atoms with E-state index in [1.807, 2.05) is 12.3 Å². The first-order valence-corrected chi connectivity index (χ1v) is 5.69. The van der Waals surface area contributed by atoms with Crippen molar-refractivity contribution in [2.45, 2.75) is 6.54 Å². The third-order valence-electron chi connectivity index (χ3n) is 0.944. The van der Waals surface area contributed by atoms with Crippen LogP contribution in [0, 0.1) is 0 Å². The Morgan fingerprint density at radius 2 is 2.00 bits per heavy atom. The summed E-state index contributed by atoms with van der Waals surface area (Å²) in [5.74, 6) is 1.34. The lowest BCUT2D eigenvalue weighted by molar-refractivity contribution is 0.664. The molecule has 0 saturated heterocycles. The fourth-order valence-corrected chi connectivity index (χ4v) is 0.692. The number of rotatable bonds is 3. The summed E-state index contributed by atoms with van der Waals surface area (Å²) in [6.07, 6.45) is 3.63. The number of alkyl halides is 3. The van der Waals surface area contributed by atoms with Gasteiger partial charge in [0.15, 0.2) is 0 Å². The molecule has 1 aromatic heterocycles. The number of nitrogens with zero attached hydrogens (tertiary/aromatic N) is 2. The maximum atomic E-state index is 5.43. The maximum Gasteiger partial charge on any atom is 0.0544 e. The summed E-state index contributed by atoms with van der Waals surface area (Å²) in [6.45, 7) is 0.800. The molecule has 70 valence electrons. The predicted octanol–water partition coefficient (Wildman–Crippen LogP) is 2.74. The zero-order valence-electron chi connectivity index (χ0n) is 6.59. The quantitative estimate of drug-likeness (QED) is 0.775. The standard InChI is InChI=1S/C5H7ClN2.C2H4BrCl/c6-2-5-8-4-1-3-7-8;3-1-2-4/h1,3-4H,2,5H2;1-2H2. The van der Waals surface area contributed by atoms with Gasteiger partial charge in [-0.3, -0.25) is 4.68 Å². The van der Waals surface area contributed by atoms with Gasteiger partial charge in [0, 0.05) is 29.5 Å². The molecule has 5 heteroatoms. The van der Waals surface area contributed by atoms with Crippen molar-refractivity contribution >= 4 is 39.1 Å². The Balaban J connectivity index is 0.000000261. The van der Waals surface area contributed by atoms with Gasteiger partial charge in [-0.1, -0.05) is 15.9 Å². The number of hydrogen-bond acceptors (Lipinski definition) is 1. The number of hydrogen-bond donors (Lipinski definition) is 0. The Kier molecular flexibility index (Phi) is 9.57. The van der Waals surface area contributed by atoms with Gasteiger partial charge in [-0.05, 0) is 6.07 Å². The summed E-state index contributed by atoms with van der Waals surface area (Å²) < 4.78 is 1.80. The van der Waals surface area contributed by atoms with Gasteiger partial charge in [0.05, 0.1) is 6.54 Å². The minimum absolute atomic E-state index is 0.627. The lowest BCUT2D eigenvalue weighted by Crippen LogP contribution is -1.97. The zero-order valence-corrected chi connectivity index (χ0v) is 9.69. The zero-order chi connectivity index (χ0) is 9.23. The van der Waals surface area contributed by atoms with E-state index >= 15 is 0 Å². The van der Waals surface area contributed by atoms with Crippen molar-refractivity contribution in [3.63, 3.8) is 0 Å². The second-order valence-electron chi connectivity index (χ2n) is 1.84. The Labute approximate surface area is 91.0 Å². The molecule has 0 aromatic carbocycles. The van der Waals surface area contributed by atoms with E-state index in [0.717, 1.165) is 11.9 Å². The van der Waals surface area contributed by atoms with Gasteiger partial charge >= 0.3 is 0 Å². The number of halogens is 3. The van der Waals surface area contributed by atoms with Gasteiger partial charge in [-0.2, -0.15) is 5.10 Å². The van der Waals surface area contributed by atoms with E-state index in [1.165, 1.54) is 0 Å². The lowest BCUT2D eigenvalue weighted by atomic mass is 10.7. The van der Waals surface area contributed by atoms with E-state index in [4.69, 9.17) is 23.2 Å². The topological polar surface area (TPSA) is 17.8 Å². The predicted molar refractivity (Wildman–Crippen MR) is 57.5 cm³/mol. The van der Waals surface area contributed by atoms with Crippen LogP contribution in [0.25, 0.3) is 0 Å². The van der Waals surface area contributed by atoms with Crippen molar-refractivity contribution < 1.29 is 0 Å². The van der Waals surface area contributed by atoms with Gasteiger partial charge in [-0.25, -0.2) is 0 Å². The smallest absolute Gasteiger partial charge is 0.0544 e. The van der Waals surface area contributed by atoms with E-state index in [0.29, 0.717) is 11.8 Å².